The van der Waals surface area contributed by atoms with Crippen LogP contribution in [0.2, 0.25) is 0 Å². The van der Waals surface area contributed by atoms with Crippen molar-refractivity contribution in [1.82, 2.24) is 0 Å². The molecule has 0 unspecified atom stereocenters. The third kappa shape index (κ3) is 8.46. The predicted molar refractivity (Wildman–Crippen MR) is 115 cm³/mol. The van der Waals surface area contributed by atoms with Gasteiger partial charge in [0, 0.05) is 6.07 Å². The Morgan fingerprint density at radius 2 is 1.48 bits per heavy atom. The largest absolute Gasteiger partial charge is 0.504 e. The van der Waals surface area contributed by atoms with Gasteiger partial charge in [-0.25, -0.2) is 0 Å². The molecule has 2 rings (SSSR count). The quantitative estimate of drug-likeness (QED) is 0.285. The van der Waals surface area contributed by atoms with Gasteiger partial charge in [0.25, 0.3) is 10.1 Å². The number of benzene rings is 2. The van der Waals surface area contributed by atoms with Crippen LogP contribution in [-0.2, 0) is 16.5 Å². The number of phenols is 1. The summed E-state index contributed by atoms with van der Waals surface area (Å²) in [5.74, 6) is 0.465. The molecule has 0 saturated carbocycles. The van der Waals surface area contributed by atoms with Gasteiger partial charge < -0.3 is 9.84 Å². The molecule has 2 aromatic carbocycles. The van der Waals surface area contributed by atoms with Crippen molar-refractivity contribution in [3.8, 4) is 17.2 Å². The van der Waals surface area contributed by atoms with Gasteiger partial charge in [-0.1, -0.05) is 70.4 Å². The van der Waals surface area contributed by atoms with Crippen molar-refractivity contribution in [2.45, 2.75) is 76.0 Å². The van der Waals surface area contributed by atoms with E-state index in [1.54, 1.807) is 24.3 Å². The van der Waals surface area contributed by atoms with Crippen LogP contribution >= 0.6 is 0 Å². The molecule has 0 aromatic heterocycles. The lowest BCUT2D eigenvalue weighted by atomic mass is 10.0. The first kappa shape index (κ1) is 23.2. The second-order valence-corrected chi connectivity index (χ2v) is 8.86. The van der Waals surface area contributed by atoms with E-state index in [-0.39, 0.29) is 22.1 Å². The fraction of sp³-hybridized carbons (Fsp3) is 0.478. The van der Waals surface area contributed by atoms with Gasteiger partial charge in [-0.05, 0) is 42.7 Å². The number of aryl methyl sites for hydroxylation is 1. The van der Waals surface area contributed by atoms with Crippen LogP contribution in [0.3, 0.4) is 0 Å². The Morgan fingerprint density at radius 3 is 2.10 bits per heavy atom. The molecule has 0 aliphatic carbocycles. The zero-order valence-electron chi connectivity index (χ0n) is 17.1. The van der Waals surface area contributed by atoms with Crippen LogP contribution in [0.25, 0.3) is 0 Å². The Balaban J connectivity index is 1.94. The fourth-order valence-corrected chi connectivity index (χ4v) is 3.86. The smallest absolute Gasteiger partial charge is 0.294 e. The summed E-state index contributed by atoms with van der Waals surface area (Å²) >= 11 is 0. The maximum atomic E-state index is 11.6. The molecule has 29 heavy (non-hydrogen) atoms. The van der Waals surface area contributed by atoms with E-state index in [2.05, 4.69) is 6.92 Å². The molecule has 5 nitrogen and oxygen atoms in total. The molecule has 2 N–H and O–H groups in total. The maximum Gasteiger partial charge on any atom is 0.294 e. The Kier molecular flexibility index (Phi) is 9.48. The van der Waals surface area contributed by atoms with E-state index in [4.69, 9.17) is 4.74 Å². The average molecular weight is 421 g/mol. The highest BCUT2D eigenvalue weighted by atomic mass is 32.2. The minimum atomic E-state index is -4.34. The lowest BCUT2D eigenvalue weighted by Crippen LogP contribution is -2.00. The molecule has 0 atom stereocenters. The molecule has 0 amide bonds. The molecule has 0 aliphatic rings. The molecule has 2 aromatic rings. The fourth-order valence-electron chi connectivity index (χ4n) is 3.29. The van der Waals surface area contributed by atoms with E-state index >= 15 is 0 Å². The predicted octanol–water partition coefficient (Wildman–Crippen LogP) is 6.50. The first-order valence-corrected chi connectivity index (χ1v) is 11.9. The third-order valence-corrected chi connectivity index (χ3v) is 5.73. The minimum Gasteiger partial charge on any atom is -0.504 e. The first-order valence-electron chi connectivity index (χ1n) is 10.5. The van der Waals surface area contributed by atoms with Gasteiger partial charge in [0.1, 0.15) is 5.75 Å². The van der Waals surface area contributed by atoms with Gasteiger partial charge in [0.2, 0.25) is 0 Å². The van der Waals surface area contributed by atoms with Crippen molar-refractivity contribution < 1.29 is 22.8 Å². The number of unbranched alkanes of at least 4 members (excludes halogenated alkanes) is 8. The topological polar surface area (TPSA) is 83.8 Å². The van der Waals surface area contributed by atoms with Crippen molar-refractivity contribution in [2.24, 2.45) is 0 Å². The maximum absolute atomic E-state index is 11.6. The molecule has 0 fully saturated rings. The summed E-state index contributed by atoms with van der Waals surface area (Å²) in [5.41, 5.74) is 0.786. The number of hydrogen-bond donors (Lipinski definition) is 2. The van der Waals surface area contributed by atoms with Crippen LogP contribution in [0.1, 0.15) is 70.3 Å². The average Bonchev–Trinajstić information content (AvgIpc) is 2.68. The summed E-state index contributed by atoms with van der Waals surface area (Å²) in [5, 5.41) is 9.87. The standard InChI is InChI=1S/C23H32O5S/c1-2-3-4-5-6-7-8-9-10-13-19-16-20(18-21(17-19)29(25,26)27)28-23-15-12-11-14-22(23)24/h11-12,14-18,24H,2-10,13H2,1H3,(H,25,26,27). The van der Waals surface area contributed by atoms with E-state index in [9.17, 15) is 18.1 Å². The zero-order chi connectivity index (χ0) is 21.1. The van der Waals surface area contributed by atoms with Gasteiger partial charge >= 0.3 is 0 Å². The van der Waals surface area contributed by atoms with Crippen molar-refractivity contribution in [2.75, 3.05) is 0 Å². The highest BCUT2D eigenvalue weighted by molar-refractivity contribution is 7.85. The summed E-state index contributed by atoms with van der Waals surface area (Å²) in [6, 6.07) is 11.0. The van der Waals surface area contributed by atoms with E-state index in [0.29, 0.717) is 6.42 Å². The van der Waals surface area contributed by atoms with E-state index < -0.39 is 10.1 Å². The SMILES string of the molecule is CCCCCCCCCCCc1cc(Oc2ccccc2O)cc(S(=O)(=O)O)c1. The van der Waals surface area contributed by atoms with Crippen LogP contribution in [0.15, 0.2) is 47.4 Å². The monoisotopic (exact) mass is 420 g/mol. The number of rotatable bonds is 13. The Labute approximate surface area is 174 Å². The Morgan fingerprint density at radius 1 is 0.862 bits per heavy atom. The molecule has 0 bridgehead atoms. The Bertz CT molecular complexity index is 861. The molecule has 0 heterocycles. The van der Waals surface area contributed by atoms with Crippen molar-refractivity contribution in [1.29, 1.82) is 0 Å². The van der Waals surface area contributed by atoms with Crippen molar-refractivity contribution in [3.63, 3.8) is 0 Å². The van der Waals surface area contributed by atoms with Crippen LogP contribution in [0, 0.1) is 0 Å². The van der Waals surface area contributed by atoms with Crippen molar-refractivity contribution >= 4 is 10.1 Å². The molecule has 0 saturated heterocycles. The third-order valence-electron chi connectivity index (χ3n) is 4.90. The van der Waals surface area contributed by atoms with Gasteiger partial charge in [0.05, 0.1) is 4.90 Å². The molecule has 6 heteroatoms. The number of hydrogen-bond acceptors (Lipinski definition) is 4. The zero-order valence-corrected chi connectivity index (χ0v) is 18.0. The molecule has 0 radical (unpaired) electrons. The second-order valence-electron chi connectivity index (χ2n) is 7.44. The van der Waals surface area contributed by atoms with Crippen LogP contribution in [-0.4, -0.2) is 18.1 Å². The number of ether oxygens (including phenoxy) is 1. The molecule has 0 aliphatic heterocycles. The van der Waals surface area contributed by atoms with E-state index in [1.165, 1.54) is 63.1 Å². The molecular weight excluding hydrogens is 388 g/mol. The lowest BCUT2D eigenvalue weighted by molar-refractivity contribution is 0.410. The second kappa shape index (κ2) is 11.8. The summed E-state index contributed by atoms with van der Waals surface area (Å²) in [6.07, 6.45) is 11.6. The number of phenolic OH excluding ortho intramolecular Hbond substituents is 1. The normalized spacial score (nSPS) is 11.5. The Hall–Kier alpha value is -2.05. The highest BCUT2D eigenvalue weighted by Crippen LogP contribution is 2.32. The number of aromatic hydroxyl groups is 1. The van der Waals surface area contributed by atoms with Crippen LogP contribution in [0.4, 0.5) is 0 Å². The van der Waals surface area contributed by atoms with E-state index in [1.807, 2.05) is 0 Å². The molecular formula is C23H32O5S. The van der Waals surface area contributed by atoms with Crippen LogP contribution in [0.5, 0.6) is 17.2 Å². The van der Waals surface area contributed by atoms with Crippen LogP contribution < -0.4 is 4.74 Å². The lowest BCUT2D eigenvalue weighted by Gasteiger charge is -2.11. The number of para-hydroxylation sites is 2. The summed E-state index contributed by atoms with van der Waals surface area (Å²) in [4.78, 5) is -0.198. The van der Waals surface area contributed by atoms with Gasteiger partial charge in [-0.2, -0.15) is 8.42 Å². The molecule has 160 valence electrons. The summed E-state index contributed by atoms with van der Waals surface area (Å²) in [6.45, 7) is 2.22. The van der Waals surface area contributed by atoms with Gasteiger partial charge in [0.15, 0.2) is 11.5 Å². The molecule has 0 spiro atoms. The van der Waals surface area contributed by atoms with Crippen molar-refractivity contribution in [3.05, 3.63) is 48.0 Å². The highest BCUT2D eigenvalue weighted by Gasteiger charge is 2.14. The summed E-state index contributed by atoms with van der Waals surface area (Å²) < 4.78 is 38.4. The minimum absolute atomic E-state index is 0.0368. The van der Waals surface area contributed by atoms with E-state index in [0.717, 1.165) is 18.4 Å². The first-order chi connectivity index (χ1) is 13.9. The van der Waals surface area contributed by atoms with Gasteiger partial charge in [-0.3, -0.25) is 4.55 Å². The van der Waals surface area contributed by atoms with Gasteiger partial charge in [-0.15, -0.1) is 0 Å². The summed E-state index contributed by atoms with van der Waals surface area (Å²) in [7, 11) is -4.34.